The van der Waals surface area contributed by atoms with Crippen LogP contribution in [0.15, 0.2) is 54.7 Å². The number of aromatic nitrogens is 3. The van der Waals surface area contributed by atoms with Crippen LogP contribution in [-0.2, 0) is 6.54 Å². The van der Waals surface area contributed by atoms with Crippen LogP contribution in [0.1, 0.15) is 13.3 Å². The highest BCUT2D eigenvalue weighted by molar-refractivity contribution is 6.33. The quantitative estimate of drug-likeness (QED) is 0.395. The minimum atomic E-state index is -0.282. The van der Waals surface area contributed by atoms with Crippen LogP contribution in [0.4, 0.5) is 15.9 Å². The first-order chi connectivity index (χ1) is 13.5. The van der Waals surface area contributed by atoms with E-state index in [0.717, 1.165) is 41.1 Å². The standard InChI is InChI=1S/C21H17Cl2FN4/c1-2-9-28-19-11-15(24)5-8-18(19)27-21(28)13-10-17(23)20(25-12-13)26-16-6-3-14(22)4-7-16/h3-8,10-12H,2,9H2,1H3,(H,25,26). The van der Waals surface area contributed by atoms with Gasteiger partial charge in [0.1, 0.15) is 17.5 Å². The van der Waals surface area contributed by atoms with Crippen molar-refractivity contribution < 1.29 is 4.39 Å². The molecule has 0 aliphatic carbocycles. The van der Waals surface area contributed by atoms with Crippen molar-refractivity contribution in [3.05, 3.63) is 70.6 Å². The third-order valence-corrected chi connectivity index (χ3v) is 4.90. The third-order valence-electron chi connectivity index (χ3n) is 4.36. The van der Waals surface area contributed by atoms with Gasteiger partial charge in [0.2, 0.25) is 0 Å². The number of nitrogens with zero attached hydrogens (tertiary/aromatic N) is 3. The van der Waals surface area contributed by atoms with Gasteiger partial charge < -0.3 is 9.88 Å². The van der Waals surface area contributed by atoms with E-state index in [2.05, 4.69) is 22.2 Å². The number of halogens is 3. The lowest BCUT2D eigenvalue weighted by Crippen LogP contribution is -2.01. The van der Waals surface area contributed by atoms with Gasteiger partial charge in [-0.1, -0.05) is 30.1 Å². The minimum Gasteiger partial charge on any atom is -0.339 e. The molecule has 0 aliphatic rings. The maximum absolute atomic E-state index is 13.7. The van der Waals surface area contributed by atoms with Gasteiger partial charge in [-0.05, 0) is 55.0 Å². The molecule has 2 aromatic heterocycles. The number of fused-ring (bicyclic) bond motifs is 1. The van der Waals surface area contributed by atoms with Crippen LogP contribution in [0.5, 0.6) is 0 Å². The predicted molar refractivity (Wildman–Crippen MR) is 113 cm³/mol. The molecule has 0 fully saturated rings. The summed E-state index contributed by atoms with van der Waals surface area (Å²) in [6.45, 7) is 2.79. The molecule has 0 spiro atoms. The summed E-state index contributed by atoms with van der Waals surface area (Å²) in [6, 6.07) is 13.7. The minimum absolute atomic E-state index is 0.282. The zero-order valence-electron chi connectivity index (χ0n) is 15.1. The number of aryl methyl sites for hydroxylation is 1. The smallest absolute Gasteiger partial charge is 0.149 e. The molecular weight excluding hydrogens is 398 g/mol. The SMILES string of the molecule is CCCn1c(-c2cnc(Nc3ccc(Cl)cc3)c(Cl)c2)nc2ccc(F)cc21. The fraction of sp³-hybridized carbons (Fsp3) is 0.143. The van der Waals surface area contributed by atoms with E-state index in [1.54, 1.807) is 24.4 Å². The molecule has 0 bridgehead atoms. The first-order valence-electron chi connectivity index (χ1n) is 8.89. The Morgan fingerprint density at radius 3 is 2.57 bits per heavy atom. The summed E-state index contributed by atoms with van der Waals surface area (Å²) in [5, 5.41) is 4.30. The average molecular weight is 415 g/mol. The van der Waals surface area contributed by atoms with Gasteiger partial charge in [-0.2, -0.15) is 0 Å². The summed E-state index contributed by atoms with van der Waals surface area (Å²) in [5.74, 6) is 0.974. The highest BCUT2D eigenvalue weighted by Crippen LogP contribution is 2.31. The van der Waals surface area contributed by atoms with E-state index in [4.69, 9.17) is 23.2 Å². The molecule has 0 unspecified atom stereocenters. The molecule has 0 saturated carbocycles. The monoisotopic (exact) mass is 414 g/mol. The molecule has 0 amide bonds. The first-order valence-corrected chi connectivity index (χ1v) is 9.65. The summed E-state index contributed by atoms with van der Waals surface area (Å²) in [7, 11) is 0. The van der Waals surface area contributed by atoms with Crippen molar-refractivity contribution in [2.24, 2.45) is 0 Å². The highest BCUT2D eigenvalue weighted by Gasteiger charge is 2.15. The Balaban J connectivity index is 1.72. The summed E-state index contributed by atoms with van der Waals surface area (Å²) in [6.07, 6.45) is 2.61. The van der Waals surface area contributed by atoms with Crippen LogP contribution < -0.4 is 5.32 Å². The Bertz CT molecular complexity index is 1140. The van der Waals surface area contributed by atoms with E-state index < -0.39 is 0 Å². The molecule has 0 atom stereocenters. The molecule has 0 radical (unpaired) electrons. The second-order valence-corrected chi connectivity index (χ2v) is 7.25. The average Bonchev–Trinajstić information content (AvgIpc) is 3.03. The fourth-order valence-electron chi connectivity index (χ4n) is 3.09. The fourth-order valence-corrected chi connectivity index (χ4v) is 3.43. The van der Waals surface area contributed by atoms with Gasteiger partial charge >= 0.3 is 0 Å². The molecule has 142 valence electrons. The largest absolute Gasteiger partial charge is 0.339 e. The van der Waals surface area contributed by atoms with E-state index in [1.807, 2.05) is 22.8 Å². The van der Waals surface area contributed by atoms with Crippen molar-refractivity contribution in [1.82, 2.24) is 14.5 Å². The molecule has 0 saturated heterocycles. The number of hydrogen-bond acceptors (Lipinski definition) is 3. The van der Waals surface area contributed by atoms with Crippen LogP contribution in [0, 0.1) is 5.82 Å². The molecule has 1 N–H and O–H groups in total. The van der Waals surface area contributed by atoms with Crippen LogP contribution in [-0.4, -0.2) is 14.5 Å². The van der Waals surface area contributed by atoms with Gasteiger partial charge in [0, 0.05) is 29.0 Å². The number of imidazole rings is 1. The Morgan fingerprint density at radius 1 is 1.07 bits per heavy atom. The third kappa shape index (κ3) is 3.68. The number of hydrogen-bond donors (Lipinski definition) is 1. The van der Waals surface area contributed by atoms with Crippen LogP contribution in [0.2, 0.25) is 10.0 Å². The highest BCUT2D eigenvalue weighted by atomic mass is 35.5. The molecule has 7 heteroatoms. The van der Waals surface area contributed by atoms with Crippen LogP contribution in [0.3, 0.4) is 0 Å². The van der Waals surface area contributed by atoms with E-state index in [9.17, 15) is 4.39 Å². The van der Waals surface area contributed by atoms with Crippen molar-refractivity contribution >= 4 is 45.7 Å². The van der Waals surface area contributed by atoms with E-state index >= 15 is 0 Å². The van der Waals surface area contributed by atoms with Crippen LogP contribution >= 0.6 is 23.2 Å². The Labute approximate surface area is 172 Å². The van der Waals surface area contributed by atoms with Crippen molar-refractivity contribution in [1.29, 1.82) is 0 Å². The van der Waals surface area contributed by atoms with Gasteiger partial charge in [0.25, 0.3) is 0 Å². The van der Waals surface area contributed by atoms with Crippen molar-refractivity contribution in [3.63, 3.8) is 0 Å². The molecule has 0 aliphatic heterocycles. The van der Waals surface area contributed by atoms with E-state index in [0.29, 0.717) is 15.9 Å². The molecule has 28 heavy (non-hydrogen) atoms. The number of anilines is 2. The zero-order chi connectivity index (χ0) is 19.7. The van der Waals surface area contributed by atoms with Gasteiger partial charge in [0.15, 0.2) is 0 Å². The molecule has 2 heterocycles. The molecule has 4 rings (SSSR count). The molecular formula is C21H17Cl2FN4. The Kier molecular flexibility index (Phi) is 5.20. The lowest BCUT2D eigenvalue weighted by Gasteiger charge is -2.11. The maximum atomic E-state index is 13.7. The number of benzene rings is 2. The second kappa shape index (κ2) is 7.78. The topological polar surface area (TPSA) is 42.7 Å². The summed E-state index contributed by atoms with van der Waals surface area (Å²) >= 11 is 12.4. The number of pyridine rings is 1. The molecule has 4 aromatic rings. The van der Waals surface area contributed by atoms with Gasteiger partial charge in [-0.25, -0.2) is 14.4 Å². The van der Waals surface area contributed by atoms with Crippen molar-refractivity contribution in [2.75, 3.05) is 5.32 Å². The van der Waals surface area contributed by atoms with Crippen LogP contribution in [0.25, 0.3) is 22.4 Å². The molecule has 2 aromatic carbocycles. The summed E-state index contributed by atoms with van der Waals surface area (Å²) < 4.78 is 15.7. The maximum Gasteiger partial charge on any atom is 0.149 e. The second-order valence-electron chi connectivity index (χ2n) is 6.41. The van der Waals surface area contributed by atoms with E-state index in [-0.39, 0.29) is 5.82 Å². The predicted octanol–water partition coefficient (Wildman–Crippen LogP) is 6.70. The zero-order valence-corrected chi connectivity index (χ0v) is 16.6. The Hall–Kier alpha value is -2.63. The summed E-state index contributed by atoms with van der Waals surface area (Å²) in [4.78, 5) is 9.13. The first kappa shape index (κ1) is 18.7. The Morgan fingerprint density at radius 2 is 1.86 bits per heavy atom. The lowest BCUT2D eigenvalue weighted by molar-refractivity contribution is 0.627. The number of nitrogens with one attached hydrogen (secondary N) is 1. The van der Waals surface area contributed by atoms with Gasteiger partial charge in [0.05, 0.1) is 16.1 Å². The molecule has 4 nitrogen and oxygen atoms in total. The number of rotatable bonds is 5. The van der Waals surface area contributed by atoms with Gasteiger partial charge in [-0.3, -0.25) is 0 Å². The lowest BCUT2D eigenvalue weighted by atomic mass is 10.2. The van der Waals surface area contributed by atoms with Crippen molar-refractivity contribution in [3.8, 4) is 11.4 Å². The van der Waals surface area contributed by atoms with Crippen molar-refractivity contribution in [2.45, 2.75) is 19.9 Å². The normalized spacial score (nSPS) is 11.1. The van der Waals surface area contributed by atoms with Gasteiger partial charge in [-0.15, -0.1) is 0 Å². The summed E-state index contributed by atoms with van der Waals surface area (Å²) in [5.41, 5.74) is 3.11. The van der Waals surface area contributed by atoms with E-state index in [1.165, 1.54) is 12.1 Å².